The fraction of sp³-hybridized carbons (Fsp3) is 0.615. The van der Waals surface area contributed by atoms with Gasteiger partial charge in [-0.1, -0.05) is 0 Å². The van der Waals surface area contributed by atoms with Gasteiger partial charge in [-0.2, -0.15) is 0 Å². The van der Waals surface area contributed by atoms with Crippen molar-refractivity contribution < 1.29 is 9.53 Å². The molecule has 2 heterocycles. The predicted molar refractivity (Wildman–Crippen MR) is 88.1 cm³/mol. The number of ether oxygens (including phenoxy) is 1. The van der Waals surface area contributed by atoms with E-state index in [0.717, 1.165) is 40.3 Å². The van der Waals surface area contributed by atoms with E-state index in [9.17, 15) is 4.79 Å². The normalized spacial score (nSPS) is 18.6. The second-order valence-corrected chi connectivity index (χ2v) is 7.16. The van der Waals surface area contributed by atoms with Gasteiger partial charge < -0.3 is 15.4 Å². The minimum atomic E-state index is 0. The van der Waals surface area contributed by atoms with Crippen LogP contribution in [0, 0.1) is 5.92 Å². The van der Waals surface area contributed by atoms with Crippen molar-refractivity contribution in [3.05, 3.63) is 14.7 Å². The van der Waals surface area contributed by atoms with E-state index in [1.165, 1.54) is 17.8 Å². The Morgan fingerprint density at radius 1 is 1.65 bits per heavy atom. The molecule has 1 aliphatic heterocycles. The molecule has 4 nitrogen and oxygen atoms in total. The summed E-state index contributed by atoms with van der Waals surface area (Å²) in [5.74, 6) is 1.38. The molecule has 0 spiro atoms. The first-order chi connectivity index (χ1) is 9.15. The number of amides is 1. The number of thiophene rings is 1. The maximum atomic E-state index is 12.5. The summed E-state index contributed by atoms with van der Waals surface area (Å²) in [5, 5.41) is 0. The number of carbonyl (C=O) groups excluding carboxylic acids is 1. The highest BCUT2D eigenvalue weighted by Crippen LogP contribution is 2.35. The predicted octanol–water partition coefficient (Wildman–Crippen LogP) is 3.14. The maximum Gasteiger partial charge on any atom is 0.264 e. The van der Waals surface area contributed by atoms with Gasteiger partial charge in [-0.15, -0.1) is 23.7 Å². The molecular weight excluding hydrogens is 364 g/mol. The summed E-state index contributed by atoms with van der Waals surface area (Å²) in [4.78, 5) is 15.1. The molecule has 1 aliphatic rings. The van der Waals surface area contributed by atoms with Crippen molar-refractivity contribution in [2.75, 3.05) is 26.7 Å². The van der Waals surface area contributed by atoms with Gasteiger partial charge in [0.2, 0.25) is 0 Å². The smallest absolute Gasteiger partial charge is 0.264 e. The van der Waals surface area contributed by atoms with E-state index in [0.29, 0.717) is 12.5 Å². The van der Waals surface area contributed by atoms with Crippen LogP contribution in [0.1, 0.15) is 28.9 Å². The first-order valence-electron chi connectivity index (χ1n) is 6.48. The molecule has 1 atom stereocenters. The lowest BCUT2D eigenvalue weighted by molar-refractivity contribution is 0.0674. The summed E-state index contributed by atoms with van der Waals surface area (Å²) < 4.78 is 6.07. The summed E-state index contributed by atoms with van der Waals surface area (Å²) in [6, 6.07) is 1.81. The third-order valence-electron chi connectivity index (χ3n) is 3.47. The number of hydrogen-bond donors (Lipinski definition) is 1. The molecule has 20 heavy (non-hydrogen) atoms. The summed E-state index contributed by atoms with van der Waals surface area (Å²) >= 11 is 4.84. The van der Waals surface area contributed by atoms with E-state index < -0.39 is 0 Å². The van der Waals surface area contributed by atoms with Crippen molar-refractivity contribution in [3.8, 4) is 5.75 Å². The van der Waals surface area contributed by atoms with Gasteiger partial charge in [-0.05, 0) is 47.7 Å². The van der Waals surface area contributed by atoms with Gasteiger partial charge in [-0.3, -0.25) is 4.79 Å². The van der Waals surface area contributed by atoms with Crippen LogP contribution in [0.25, 0.3) is 0 Å². The fourth-order valence-electron chi connectivity index (χ4n) is 2.47. The zero-order valence-corrected chi connectivity index (χ0v) is 14.7. The number of carbonyl (C=O) groups is 1. The van der Waals surface area contributed by atoms with Gasteiger partial charge in [0.15, 0.2) is 0 Å². The van der Waals surface area contributed by atoms with Crippen molar-refractivity contribution in [1.29, 1.82) is 0 Å². The molecule has 1 aromatic heterocycles. The third-order valence-corrected chi connectivity index (χ3v) is 5.24. The SMILES string of the molecule is COc1cc(C(=O)N2CCCC(CCN)C2)sc1Br.Cl. The molecule has 2 rings (SSSR count). The number of halogens is 2. The van der Waals surface area contributed by atoms with Gasteiger partial charge in [0.05, 0.1) is 12.0 Å². The number of hydrogen-bond acceptors (Lipinski definition) is 4. The Bertz CT molecular complexity index is 454. The zero-order chi connectivity index (χ0) is 13.8. The van der Waals surface area contributed by atoms with Crippen molar-refractivity contribution in [2.45, 2.75) is 19.3 Å². The molecular formula is C13H20BrClN2O2S. The highest BCUT2D eigenvalue weighted by atomic mass is 79.9. The van der Waals surface area contributed by atoms with Crippen molar-refractivity contribution >= 4 is 45.6 Å². The Kier molecular flexibility index (Phi) is 7.29. The number of methoxy groups -OCH3 is 1. The molecule has 0 aliphatic carbocycles. The van der Waals surface area contributed by atoms with Crippen molar-refractivity contribution in [2.24, 2.45) is 11.7 Å². The first kappa shape index (κ1) is 17.8. The van der Waals surface area contributed by atoms with Gasteiger partial charge in [-0.25, -0.2) is 0 Å². The number of nitrogens with zero attached hydrogens (tertiary/aromatic N) is 1. The van der Waals surface area contributed by atoms with Crippen LogP contribution in [-0.2, 0) is 0 Å². The second kappa shape index (κ2) is 8.22. The highest BCUT2D eigenvalue weighted by Gasteiger charge is 2.25. The van der Waals surface area contributed by atoms with Crippen LogP contribution in [0.5, 0.6) is 5.75 Å². The molecule has 1 aromatic rings. The number of likely N-dealkylation sites (tertiary alicyclic amines) is 1. The molecule has 0 bridgehead atoms. The van der Waals surface area contributed by atoms with Gasteiger partial charge in [0.25, 0.3) is 5.91 Å². The summed E-state index contributed by atoms with van der Waals surface area (Å²) in [6.07, 6.45) is 3.25. The average molecular weight is 384 g/mol. The monoisotopic (exact) mass is 382 g/mol. The minimum absolute atomic E-state index is 0. The van der Waals surface area contributed by atoms with Gasteiger partial charge in [0, 0.05) is 19.2 Å². The zero-order valence-electron chi connectivity index (χ0n) is 11.4. The van der Waals surface area contributed by atoms with Gasteiger partial charge in [0.1, 0.15) is 9.54 Å². The lowest BCUT2D eigenvalue weighted by Crippen LogP contribution is -2.40. The third kappa shape index (κ3) is 4.10. The van der Waals surface area contributed by atoms with Crippen molar-refractivity contribution in [1.82, 2.24) is 4.90 Å². The van der Waals surface area contributed by atoms with Crippen LogP contribution < -0.4 is 10.5 Å². The highest BCUT2D eigenvalue weighted by molar-refractivity contribution is 9.11. The average Bonchev–Trinajstić information content (AvgIpc) is 2.80. The van der Waals surface area contributed by atoms with E-state index in [-0.39, 0.29) is 18.3 Å². The lowest BCUT2D eigenvalue weighted by Gasteiger charge is -2.32. The Labute approximate surface area is 138 Å². The molecule has 2 N–H and O–H groups in total. The molecule has 114 valence electrons. The quantitative estimate of drug-likeness (QED) is 0.869. The Balaban J connectivity index is 0.00000200. The van der Waals surface area contributed by atoms with E-state index >= 15 is 0 Å². The van der Waals surface area contributed by atoms with Crippen LogP contribution >= 0.6 is 39.7 Å². The topological polar surface area (TPSA) is 55.6 Å². The second-order valence-electron chi connectivity index (χ2n) is 4.79. The van der Waals surface area contributed by atoms with Crippen LogP contribution in [0.2, 0.25) is 0 Å². The van der Waals surface area contributed by atoms with Crippen molar-refractivity contribution in [3.63, 3.8) is 0 Å². The number of piperidine rings is 1. The van der Waals surface area contributed by atoms with E-state index in [4.69, 9.17) is 10.5 Å². The number of rotatable bonds is 4. The molecule has 0 saturated carbocycles. The van der Waals surface area contributed by atoms with Crippen LogP contribution in [0.4, 0.5) is 0 Å². The molecule has 1 fully saturated rings. The van der Waals surface area contributed by atoms with Crippen LogP contribution in [-0.4, -0.2) is 37.6 Å². The van der Waals surface area contributed by atoms with E-state index in [2.05, 4.69) is 15.9 Å². The Hall–Kier alpha value is -0.300. The summed E-state index contributed by atoms with van der Waals surface area (Å²) in [5.41, 5.74) is 5.61. The molecule has 1 amide bonds. The molecule has 0 radical (unpaired) electrons. The van der Waals surface area contributed by atoms with Crippen LogP contribution in [0.15, 0.2) is 9.85 Å². The summed E-state index contributed by atoms with van der Waals surface area (Å²) in [7, 11) is 1.61. The Morgan fingerprint density at radius 3 is 3.00 bits per heavy atom. The molecule has 0 aromatic carbocycles. The Morgan fingerprint density at radius 2 is 2.40 bits per heavy atom. The fourth-order valence-corrected chi connectivity index (χ4v) is 4.09. The van der Waals surface area contributed by atoms with E-state index in [1.807, 2.05) is 11.0 Å². The molecule has 1 saturated heterocycles. The van der Waals surface area contributed by atoms with Crippen LogP contribution in [0.3, 0.4) is 0 Å². The first-order valence-corrected chi connectivity index (χ1v) is 8.09. The standard InChI is InChI=1S/C13H19BrN2O2S.ClH/c1-18-10-7-11(19-12(10)14)13(17)16-6-2-3-9(8-16)4-5-15;/h7,9H,2-6,8,15H2,1H3;1H. The lowest BCUT2D eigenvalue weighted by atomic mass is 9.95. The van der Waals surface area contributed by atoms with Gasteiger partial charge >= 0.3 is 0 Å². The largest absolute Gasteiger partial charge is 0.495 e. The molecule has 7 heteroatoms. The summed E-state index contributed by atoms with van der Waals surface area (Å²) in [6.45, 7) is 2.37. The minimum Gasteiger partial charge on any atom is -0.495 e. The van der Waals surface area contributed by atoms with E-state index in [1.54, 1.807) is 7.11 Å². The number of nitrogens with two attached hydrogens (primary N) is 1. The maximum absolute atomic E-state index is 12.5. The molecule has 1 unspecified atom stereocenters.